The second-order valence-corrected chi connectivity index (χ2v) is 7.06. The van der Waals surface area contributed by atoms with Gasteiger partial charge in [-0.3, -0.25) is 4.79 Å². The molecule has 1 amide bonds. The molecule has 0 unspecified atom stereocenters. The maximum atomic E-state index is 11.8. The first-order valence-electron chi connectivity index (χ1n) is 6.34. The van der Waals surface area contributed by atoms with Gasteiger partial charge in [0.15, 0.2) is 4.34 Å². The number of amides is 1. The molecule has 1 aromatic carbocycles. The van der Waals surface area contributed by atoms with E-state index in [0.29, 0.717) is 12.2 Å². The van der Waals surface area contributed by atoms with Gasteiger partial charge < -0.3 is 5.32 Å². The molecule has 20 heavy (non-hydrogen) atoms. The van der Waals surface area contributed by atoms with Gasteiger partial charge in [-0.25, -0.2) is 0 Å². The summed E-state index contributed by atoms with van der Waals surface area (Å²) >= 11 is 3.13. The third-order valence-electron chi connectivity index (χ3n) is 2.85. The molecule has 0 aliphatic rings. The van der Waals surface area contributed by atoms with E-state index in [4.69, 9.17) is 0 Å². The highest BCUT2D eigenvalue weighted by molar-refractivity contribution is 8.01. The van der Waals surface area contributed by atoms with E-state index in [1.807, 2.05) is 32.0 Å². The van der Waals surface area contributed by atoms with Crippen molar-refractivity contribution in [2.24, 2.45) is 0 Å². The van der Waals surface area contributed by atoms with E-state index in [0.717, 1.165) is 15.0 Å². The smallest absolute Gasteiger partial charge is 0.225 e. The van der Waals surface area contributed by atoms with Gasteiger partial charge in [0.25, 0.3) is 0 Å². The van der Waals surface area contributed by atoms with Crippen LogP contribution in [0.1, 0.15) is 22.6 Å². The standard InChI is InChI=1S/C14H17N3OS2/c1-9-4-5-12(8-10(9)2)15-13(18)6-7-19-14-17-16-11(3)20-14/h4-5,8H,6-7H2,1-3H3,(H,15,18). The minimum Gasteiger partial charge on any atom is -0.326 e. The van der Waals surface area contributed by atoms with Crippen molar-refractivity contribution in [1.29, 1.82) is 0 Å². The van der Waals surface area contributed by atoms with E-state index in [1.165, 1.54) is 11.1 Å². The molecule has 0 aliphatic carbocycles. The van der Waals surface area contributed by atoms with Crippen molar-refractivity contribution in [3.8, 4) is 0 Å². The molecule has 0 bridgehead atoms. The Morgan fingerprint density at radius 1 is 1.25 bits per heavy atom. The van der Waals surface area contributed by atoms with Crippen molar-refractivity contribution in [2.45, 2.75) is 31.5 Å². The van der Waals surface area contributed by atoms with Gasteiger partial charge in [-0.05, 0) is 44.0 Å². The fourth-order valence-corrected chi connectivity index (χ4v) is 3.43. The zero-order chi connectivity index (χ0) is 14.5. The van der Waals surface area contributed by atoms with Crippen LogP contribution in [0.2, 0.25) is 0 Å². The number of hydrogen-bond donors (Lipinski definition) is 1. The Kier molecular flexibility index (Phi) is 5.14. The van der Waals surface area contributed by atoms with E-state index in [9.17, 15) is 4.79 Å². The lowest BCUT2D eigenvalue weighted by atomic mass is 10.1. The normalized spacial score (nSPS) is 10.6. The molecule has 0 fully saturated rings. The summed E-state index contributed by atoms with van der Waals surface area (Å²) in [4.78, 5) is 11.8. The molecule has 0 saturated carbocycles. The topological polar surface area (TPSA) is 54.9 Å². The summed E-state index contributed by atoms with van der Waals surface area (Å²) in [6.45, 7) is 6.02. The molecule has 0 atom stereocenters. The van der Waals surface area contributed by atoms with Crippen LogP contribution in [-0.4, -0.2) is 21.9 Å². The quantitative estimate of drug-likeness (QED) is 0.858. The lowest BCUT2D eigenvalue weighted by Crippen LogP contribution is -2.12. The molecule has 4 nitrogen and oxygen atoms in total. The van der Waals surface area contributed by atoms with E-state index in [-0.39, 0.29) is 5.91 Å². The van der Waals surface area contributed by atoms with Crippen molar-refractivity contribution >= 4 is 34.7 Å². The lowest BCUT2D eigenvalue weighted by molar-refractivity contribution is -0.115. The molecule has 106 valence electrons. The monoisotopic (exact) mass is 307 g/mol. The van der Waals surface area contributed by atoms with Crippen LogP contribution in [0.5, 0.6) is 0 Å². The van der Waals surface area contributed by atoms with E-state index in [2.05, 4.69) is 22.4 Å². The van der Waals surface area contributed by atoms with Crippen LogP contribution in [0.4, 0.5) is 5.69 Å². The number of anilines is 1. The second kappa shape index (κ2) is 6.85. The Morgan fingerprint density at radius 3 is 2.70 bits per heavy atom. The molecule has 1 aromatic heterocycles. The summed E-state index contributed by atoms with van der Waals surface area (Å²) in [6.07, 6.45) is 0.468. The first-order chi connectivity index (χ1) is 9.54. The summed E-state index contributed by atoms with van der Waals surface area (Å²) in [6, 6.07) is 5.94. The maximum absolute atomic E-state index is 11.8. The van der Waals surface area contributed by atoms with Crippen LogP contribution < -0.4 is 5.32 Å². The van der Waals surface area contributed by atoms with E-state index >= 15 is 0 Å². The fourth-order valence-electron chi connectivity index (χ4n) is 1.61. The summed E-state index contributed by atoms with van der Waals surface area (Å²) < 4.78 is 0.918. The van der Waals surface area contributed by atoms with Gasteiger partial charge in [0.1, 0.15) is 5.01 Å². The highest BCUT2D eigenvalue weighted by atomic mass is 32.2. The minimum absolute atomic E-state index is 0.0296. The number of rotatable bonds is 5. The number of carbonyl (C=O) groups is 1. The second-order valence-electron chi connectivity index (χ2n) is 4.53. The van der Waals surface area contributed by atoms with Crippen LogP contribution in [0.15, 0.2) is 22.5 Å². The highest BCUT2D eigenvalue weighted by Crippen LogP contribution is 2.22. The Morgan fingerprint density at radius 2 is 2.05 bits per heavy atom. The number of aryl methyl sites for hydroxylation is 3. The van der Waals surface area contributed by atoms with E-state index in [1.54, 1.807) is 23.1 Å². The fraction of sp³-hybridized carbons (Fsp3) is 0.357. The lowest BCUT2D eigenvalue weighted by Gasteiger charge is -2.07. The Bertz CT molecular complexity index is 610. The Hall–Kier alpha value is -1.40. The Balaban J connectivity index is 1.79. The van der Waals surface area contributed by atoms with Gasteiger partial charge in [-0.1, -0.05) is 29.2 Å². The Labute approximate surface area is 127 Å². The van der Waals surface area contributed by atoms with Gasteiger partial charge in [0.2, 0.25) is 5.91 Å². The summed E-state index contributed by atoms with van der Waals surface area (Å²) in [5.41, 5.74) is 3.27. The molecule has 0 aliphatic heterocycles. The van der Waals surface area contributed by atoms with Crippen LogP contribution in [0.25, 0.3) is 0 Å². The number of hydrogen-bond acceptors (Lipinski definition) is 5. The average molecular weight is 307 g/mol. The predicted molar refractivity (Wildman–Crippen MR) is 84.5 cm³/mol. The molecule has 1 heterocycles. The maximum Gasteiger partial charge on any atom is 0.225 e. The predicted octanol–water partition coefficient (Wildman–Crippen LogP) is 3.58. The molecule has 0 radical (unpaired) electrons. The zero-order valence-electron chi connectivity index (χ0n) is 11.8. The van der Waals surface area contributed by atoms with Crippen LogP contribution in [0.3, 0.4) is 0 Å². The molecular weight excluding hydrogens is 290 g/mol. The van der Waals surface area contributed by atoms with Crippen molar-refractivity contribution in [3.63, 3.8) is 0 Å². The summed E-state index contributed by atoms with van der Waals surface area (Å²) in [5.74, 6) is 0.743. The molecular formula is C14H17N3OS2. The molecule has 2 aromatic rings. The van der Waals surface area contributed by atoms with Crippen molar-refractivity contribution < 1.29 is 4.79 Å². The van der Waals surface area contributed by atoms with Gasteiger partial charge in [-0.2, -0.15) is 0 Å². The molecule has 0 saturated heterocycles. The number of aromatic nitrogens is 2. The van der Waals surface area contributed by atoms with Crippen LogP contribution in [0, 0.1) is 20.8 Å². The number of thioether (sulfide) groups is 1. The molecule has 6 heteroatoms. The number of nitrogens with zero attached hydrogens (tertiary/aromatic N) is 2. The average Bonchev–Trinajstić information content (AvgIpc) is 2.80. The van der Waals surface area contributed by atoms with Crippen LogP contribution in [-0.2, 0) is 4.79 Å². The van der Waals surface area contributed by atoms with Gasteiger partial charge >= 0.3 is 0 Å². The highest BCUT2D eigenvalue weighted by Gasteiger charge is 2.06. The van der Waals surface area contributed by atoms with E-state index < -0.39 is 0 Å². The largest absolute Gasteiger partial charge is 0.326 e. The molecule has 0 spiro atoms. The van der Waals surface area contributed by atoms with Crippen molar-refractivity contribution in [2.75, 3.05) is 11.1 Å². The number of nitrogens with one attached hydrogen (secondary N) is 1. The number of benzene rings is 1. The van der Waals surface area contributed by atoms with Gasteiger partial charge in [0.05, 0.1) is 0 Å². The summed E-state index contributed by atoms with van der Waals surface area (Å²) in [5, 5.41) is 11.8. The van der Waals surface area contributed by atoms with Crippen LogP contribution >= 0.6 is 23.1 Å². The third kappa shape index (κ3) is 4.31. The number of carbonyl (C=O) groups excluding carboxylic acids is 1. The van der Waals surface area contributed by atoms with Gasteiger partial charge in [-0.15, -0.1) is 10.2 Å². The first-order valence-corrected chi connectivity index (χ1v) is 8.15. The SMILES string of the molecule is Cc1nnc(SCCC(=O)Nc2ccc(C)c(C)c2)s1. The molecule has 1 N–H and O–H groups in total. The van der Waals surface area contributed by atoms with Crippen molar-refractivity contribution in [1.82, 2.24) is 10.2 Å². The van der Waals surface area contributed by atoms with Gasteiger partial charge in [0, 0.05) is 17.9 Å². The zero-order valence-corrected chi connectivity index (χ0v) is 13.4. The first kappa shape index (κ1) is 15.0. The molecule has 2 rings (SSSR count). The third-order valence-corrected chi connectivity index (χ3v) is 4.83. The minimum atomic E-state index is 0.0296. The van der Waals surface area contributed by atoms with Crippen molar-refractivity contribution in [3.05, 3.63) is 34.3 Å². The summed E-state index contributed by atoms with van der Waals surface area (Å²) in [7, 11) is 0.